The minimum Gasteiger partial charge on any atom is -0.497 e. The number of benzene rings is 1. The molecule has 0 radical (unpaired) electrons. The molecule has 0 saturated heterocycles. The number of carbonyl (C=O) groups is 1. The van der Waals surface area contributed by atoms with Gasteiger partial charge in [-0.15, -0.1) is 0 Å². The molecule has 1 aromatic carbocycles. The summed E-state index contributed by atoms with van der Waals surface area (Å²) in [4.78, 5) is 10.6. The predicted octanol–water partition coefficient (Wildman–Crippen LogP) is 0.680. The Hall–Kier alpha value is -1.11. The lowest BCUT2D eigenvalue weighted by molar-refractivity contribution is -0.208. The van der Waals surface area contributed by atoms with Gasteiger partial charge >= 0.3 is 5.97 Å². The Balaban J connectivity index is 3.25. The van der Waals surface area contributed by atoms with Crippen molar-refractivity contribution in [2.24, 2.45) is 0 Å². The molecular formula is C9H9BrO5. The first-order valence-electron chi connectivity index (χ1n) is 3.91. The average molecular weight is 277 g/mol. The van der Waals surface area contributed by atoms with Crippen LogP contribution in [0.2, 0.25) is 0 Å². The van der Waals surface area contributed by atoms with Gasteiger partial charge in [0.25, 0.3) is 5.79 Å². The van der Waals surface area contributed by atoms with Crippen LogP contribution in [0.15, 0.2) is 22.7 Å². The zero-order chi connectivity index (χ0) is 11.6. The highest BCUT2D eigenvalue weighted by Gasteiger charge is 2.36. The van der Waals surface area contributed by atoms with Gasteiger partial charge in [0, 0.05) is 10.0 Å². The van der Waals surface area contributed by atoms with Gasteiger partial charge in [-0.3, -0.25) is 0 Å². The van der Waals surface area contributed by atoms with Crippen molar-refractivity contribution in [3.05, 3.63) is 28.2 Å². The van der Waals surface area contributed by atoms with Crippen molar-refractivity contribution in [3.8, 4) is 5.75 Å². The van der Waals surface area contributed by atoms with Gasteiger partial charge in [-0.25, -0.2) is 4.79 Å². The Morgan fingerprint density at radius 1 is 1.40 bits per heavy atom. The van der Waals surface area contributed by atoms with Crippen molar-refractivity contribution >= 4 is 21.9 Å². The summed E-state index contributed by atoms with van der Waals surface area (Å²) in [6.07, 6.45) is 0. The van der Waals surface area contributed by atoms with Crippen LogP contribution in [0.5, 0.6) is 5.75 Å². The largest absolute Gasteiger partial charge is 0.497 e. The summed E-state index contributed by atoms with van der Waals surface area (Å²) < 4.78 is 5.36. The van der Waals surface area contributed by atoms with Crippen LogP contribution in [0.3, 0.4) is 0 Å². The number of aliphatic carboxylic acids is 1. The minimum absolute atomic E-state index is 0.179. The molecule has 0 unspecified atom stereocenters. The summed E-state index contributed by atoms with van der Waals surface area (Å²) in [5.74, 6) is -4.34. The summed E-state index contributed by atoms with van der Waals surface area (Å²) >= 11 is 3.10. The first kappa shape index (κ1) is 12.0. The van der Waals surface area contributed by atoms with Gasteiger partial charge in [0.15, 0.2) is 0 Å². The van der Waals surface area contributed by atoms with Gasteiger partial charge in [0.2, 0.25) is 0 Å². The first-order chi connectivity index (χ1) is 6.87. The maximum absolute atomic E-state index is 10.6. The molecule has 0 atom stereocenters. The maximum atomic E-state index is 10.6. The normalized spacial score (nSPS) is 11.2. The van der Waals surface area contributed by atoms with Crippen LogP contribution in [0, 0.1) is 0 Å². The number of ether oxygens (including phenoxy) is 1. The monoisotopic (exact) mass is 276 g/mol. The van der Waals surface area contributed by atoms with Crippen molar-refractivity contribution in [1.29, 1.82) is 0 Å². The molecule has 82 valence electrons. The zero-order valence-corrected chi connectivity index (χ0v) is 9.35. The van der Waals surface area contributed by atoms with Crippen LogP contribution in [-0.4, -0.2) is 28.4 Å². The van der Waals surface area contributed by atoms with E-state index in [4.69, 9.17) is 9.84 Å². The van der Waals surface area contributed by atoms with E-state index in [0.29, 0.717) is 10.2 Å². The smallest absolute Gasteiger partial charge is 0.369 e. The van der Waals surface area contributed by atoms with E-state index in [2.05, 4.69) is 15.9 Å². The Morgan fingerprint density at radius 2 is 2.00 bits per heavy atom. The molecule has 0 aliphatic carbocycles. The van der Waals surface area contributed by atoms with Gasteiger partial charge < -0.3 is 20.1 Å². The van der Waals surface area contributed by atoms with Gasteiger partial charge in [-0.05, 0) is 18.2 Å². The Morgan fingerprint density at radius 3 is 2.47 bits per heavy atom. The lowest BCUT2D eigenvalue weighted by atomic mass is 10.1. The van der Waals surface area contributed by atoms with Crippen LogP contribution < -0.4 is 4.74 Å². The second-order valence-corrected chi connectivity index (χ2v) is 3.77. The predicted molar refractivity (Wildman–Crippen MR) is 54.4 cm³/mol. The van der Waals surface area contributed by atoms with Crippen LogP contribution in [-0.2, 0) is 10.6 Å². The molecule has 0 saturated carbocycles. The molecular weight excluding hydrogens is 268 g/mol. The van der Waals surface area contributed by atoms with E-state index in [1.165, 1.54) is 19.2 Å². The lowest BCUT2D eigenvalue weighted by Gasteiger charge is -2.17. The Bertz CT molecular complexity index is 388. The van der Waals surface area contributed by atoms with Crippen molar-refractivity contribution in [3.63, 3.8) is 0 Å². The van der Waals surface area contributed by atoms with Crippen molar-refractivity contribution in [1.82, 2.24) is 0 Å². The maximum Gasteiger partial charge on any atom is 0.369 e. The number of carboxylic acids is 1. The molecule has 0 aromatic heterocycles. The number of carboxylic acid groups (broad SMARTS) is 1. The van der Waals surface area contributed by atoms with Gasteiger partial charge in [0.05, 0.1) is 7.11 Å². The fourth-order valence-corrected chi connectivity index (χ4v) is 1.48. The number of hydrogen-bond donors (Lipinski definition) is 3. The van der Waals surface area contributed by atoms with Crippen molar-refractivity contribution in [2.45, 2.75) is 5.79 Å². The van der Waals surface area contributed by atoms with E-state index < -0.39 is 11.8 Å². The van der Waals surface area contributed by atoms with Gasteiger partial charge in [-0.1, -0.05) is 15.9 Å². The number of aliphatic hydroxyl groups is 2. The number of hydrogen-bond acceptors (Lipinski definition) is 4. The van der Waals surface area contributed by atoms with E-state index in [9.17, 15) is 15.0 Å². The second kappa shape index (κ2) is 4.18. The molecule has 0 amide bonds. The highest BCUT2D eigenvalue weighted by atomic mass is 79.9. The molecule has 1 rings (SSSR count). The first-order valence-corrected chi connectivity index (χ1v) is 4.70. The summed E-state index contributed by atoms with van der Waals surface area (Å²) in [7, 11) is 1.39. The number of halogens is 1. The highest BCUT2D eigenvalue weighted by molar-refractivity contribution is 9.10. The minimum atomic E-state index is -2.92. The van der Waals surface area contributed by atoms with Gasteiger partial charge in [-0.2, -0.15) is 0 Å². The molecule has 0 spiro atoms. The van der Waals surface area contributed by atoms with Crippen LogP contribution in [0.25, 0.3) is 0 Å². The molecule has 5 nitrogen and oxygen atoms in total. The number of rotatable bonds is 3. The third kappa shape index (κ3) is 2.47. The number of methoxy groups -OCH3 is 1. The molecule has 0 aliphatic heterocycles. The summed E-state index contributed by atoms with van der Waals surface area (Å²) in [5, 5.41) is 27.2. The zero-order valence-electron chi connectivity index (χ0n) is 7.77. The van der Waals surface area contributed by atoms with E-state index in [0.717, 1.165) is 0 Å². The molecule has 15 heavy (non-hydrogen) atoms. The summed E-state index contributed by atoms with van der Waals surface area (Å²) in [5.41, 5.74) is -0.179. The van der Waals surface area contributed by atoms with Crippen molar-refractivity contribution in [2.75, 3.05) is 7.11 Å². The Kier molecular flexibility index (Phi) is 3.33. The third-order valence-corrected chi connectivity index (χ3v) is 2.27. The average Bonchev–Trinajstić information content (AvgIpc) is 2.16. The van der Waals surface area contributed by atoms with Crippen LogP contribution in [0.4, 0.5) is 0 Å². The molecule has 0 aliphatic rings. The van der Waals surface area contributed by atoms with E-state index in [-0.39, 0.29) is 5.56 Å². The SMILES string of the molecule is COc1cc(Br)cc(C(O)(O)C(=O)O)c1. The molecule has 6 heteroatoms. The fraction of sp³-hybridized carbons (Fsp3) is 0.222. The lowest BCUT2D eigenvalue weighted by Crippen LogP contribution is -2.35. The molecule has 1 aromatic rings. The van der Waals surface area contributed by atoms with Crippen LogP contribution >= 0.6 is 15.9 Å². The standard InChI is InChI=1S/C9H9BrO5/c1-15-7-3-5(2-6(10)4-7)9(13,14)8(11)12/h2-4,13-14H,1H3,(H,11,12). The molecule has 0 bridgehead atoms. The summed E-state index contributed by atoms with van der Waals surface area (Å²) in [6, 6.07) is 4.09. The van der Waals surface area contributed by atoms with Crippen LogP contribution in [0.1, 0.15) is 5.56 Å². The summed E-state index contributed by atoms with van der Waals surface area (Å²) in [6.45, 7) is 0. The topological polar surface area (TPSA) is 87.0 Å². The third-order valence-electron chi connectivity index (χ3n) is 1.81. The second-order valence-electron chi connectivity index (χ2n) is 2.86. The van der Waals surface area contributed by atoms with E-state index >= 15 is 0 Å². The van der Waals surface area contributed by atoms with Crippen molar-refractivity contribution < 1.29 is 24.9 Å². The van der Waals surface area contributed by atoms with E-state index in [1.54, 1.807) is 6.07 Å². The molecule has 0 heterocycles. The fourth-order valence-electron chi connectivity index (χ4n) is 1.01. The highest BCUT2D eigenvalue weighted by Crippen LogP contribution is 2.27. The molecule has 0 fully saturated rings. The quantitative estimate of drug-likeness (QED) is 0.707. The Labute approximate surface area is 94.1 Å². The van der Waals surface area contributed by atoms with E-state index in [1.807, 2.05) is 0 Å². The van der Waals surface area contributed by atoms with Gasteiger partial charge in [0.1, 0.15) is 5.75 Å². The molecule has 3 N–H and O–H groups in total.